The number of thioether (sulfide) groups is 1. The molecular formula is C14H13F2N3O4S2. The van der Waals surface area contributed by atoms with Gasteiger partial charge in [0.25, 0.3) is 5.22 Å². The van der Waals surface area contributed by atoms with Crippen molar-refractivity contribution in [2.24, 2.45) is 0 Å². The fraction of sp³-hybridized carbons (Fsp3) is 0.357. The van der Waals surface area contributed by atoms with E-state index in [-0.39, 0.29) is 40.0 Å². The normalized spacial score (nSPS) is 19.0. The van der Waals surface area contributed by atoms with Gasteiger partial charge in [-0.3, -0.25) is 4.79 Å². The van der Waals surface area contributed by atoms with Gasteiger partial charge in [-0.1, -0.05) is 11.8 Å². The third kappa shape index (κ3) is 4.54. The molecule has 1 aliphatic rings. The smallest absolute Gasteiger partial charge is 0.277 e. The molecule has 11 heteroatoms. The van der Waals surface area contributed by atoms with E-state index in [1.807, 2.05) is 0 Å². The lowest BCUT2D eigenvalue weighted by molar-refractivity contribution is -0.113. The van der Waals surface area contributed by atoms with E-state index in [9.17, 15) is 22.0 Å². The van der Waals surface area contributed by atoms with Gasteiger partial charge in [-0.05, 0) is 18.6 Å². The Morgan fingerprint density at radius 2 is 2.12 bits per heavy atom. The molecule has 1 aromatic heterocycles. The Kier molecular flexibility index (Phi) is 5.04. The van der Waals surface area contributed by atoms with Crippen molar-refractivity contribution in [1.82, 2.24) is 10.2 Å². The molecule has 134 valence electrons. The minimum absolute atomic E-state index is 0.0179. The van der Waals surface area contributed by atoms with Crippen LogP contribution in [0, 0.1) is 11.6 Å². The van der Waals surface area contributed by atoms with Gasteiger partial charge in [-0.2, -0.15) is 0 Å². The summed E-state index contributed by atoms with van der Waals surface area (Å²) >= 11 is 0.965. The first-order valence-electron chi connectivity index (χ1n) is 7.24. The van der Waals surface area contributed by atoms with Crippen LogP contribution in [0.4, 0.5) is 14.5 Å². The molecule has 1 aromatic carbocycles. The van der Waals surface area contributed by atoms with Crippen LogP contribution in [-0.2, 0) is 14.6 Å². The molecular weight excluding hydrogens is 376 g/mol. The van der Waals surface area contributed by atoms with Crippen molar-refractivity contribution >= 4 is 33.2 Å². The van der Waals surface area contributed by atoms with Crippen LogP contribution in [0.25, 0.3) is 0 Å². The Balaban J connectivity index is 1.53. The first kappa shape index (κ1) is 17.8. The molecule has 0 radical (unpaired) electrons. The quantitative estimate of drug-likeness (QED) is 0.780. The van der Waals surface area contributed by atoms with Gasteiger partial charge < -0.3 is 9.73 Å². The van der Waals surface area contributed by atoms with Gasteiger partial charge in [0.05, 0.1) is 23.2 Å². The molecule has 1 unspecified atom stereocenters. The van der Waals surface area contributed by atoms with Crippen molar-refractivity contribution in [3.05, 3.63) is 35.7 Å². The summed E-state index contributed by atoms with van der Waals surface area (Å²) in [5.41, 5.74) is 0.131. The molecule has 7 nitrogen and oxygen atoms in total. The van der Waals surface area contributed by atoms with Gasteiger partial charge in [-0.25, -0.2) is 17.2 Å². The number of amides is 1. The number of carbonyl (C=O) groups excluding carboxylic acids is 1. The van der Waals surface area contributed by atoms with Crippen LogP contribution >= 0.6 is 11.8 Å². The maximum absolute atomic E-state index is 13.1. The van der Waals surface area contributed by atoms with Crippen LogP contribution < -0.4 is 5.32 Å². The Bertz CT molecular complexity index is 901. The number of benzene rings is 1. The number of carbonyl (C=O) groups is 1. The van der Waals surface area contributed by atoms with Crippen molar-refractivity contribution in [2.75, 3.05) is 22.6 Å². The van der Waals surface area contributed by atoms with E-state index in [0.717, 1.165) is 23.9 Å². The Morgan fingerprint density at radius 3 is 2.80 bits per heavy atom. The zero-order valence-corrected chi connectivity index (χ0v) is 14.4. The van der Waals surface area contributed by atoms with E-state index in [0.29, 0.717) is 6.42 Å². The van der Waals surface area contributed by atoms with Crippen molar-refractivity contribution in [2.45, 2.75) is 17.6 Å². The standard InChI is InChI=1S/C14H13F2N3O4S2/c15-10-2-1-9(5-11(10)16)17-12(20)6-24-14-19-18-13(23-14)8-3-4-25(21,22)7-8/h1-2,5,8H,3-4,6-7H2,(H,17,20). The third-order valence-electron chi connectivity index (χ3n) is 3.53. The summed E-state index contributed by atoms with van der Waals surface area (Å²) in [6, 6.07) is 3.04. The molecule has 1 N–H and O–H groups in total. The molecule has 0 spiro atoms. The molecule has 1 aliphatic heterocycles. The molecule has 0 aliphatic carbocycles. The Morgan fingerprint density at radius 1 is 1.32 bits per heavy atom. The average Bonchev–Trinajstić information content (AvgIpc) is 3.15. The van der Waals surface area contributed by atoms with E-state index >= 15 is 0 Å². The van der Waals surface area contributed by atoms with Gasteiger partial charge in [-0.15, -0.1) is 10.2 Å². The number of anilines is 1. The van der Waals surface area contributed by atoms with Crippen LogP contribution in [0.1, 0.15) is 18.2 Å². The highest BCUT2D eigenvalue weighted by molar-refractivity contribution is 7.99. The maximum Gasteiger partial charge on any atom is 0.277 e. The van der Waals surface area contributed by atoms with Gasteiger partial charge >= 0.3 is 0 Å². The molecule has 0 bridgehead atoms. The molecule has 1 atom stereocenters. The zero-order chi connectivity index (χ0) is 18.0. The highest BCUT2D eigenvalue weighted by Gasteiger charge is 2.32. The number of nitrogens with zero attached hydrogens (tertiary/aromatic N) is 2. The Hall–Kier alpha value is -2.01. The number of nitrogens with one attached hydrogen (secondary N) is 1. The number of sulfone groups is 1. The van der Waals surface area contributed by atoms with Crippen LogP contribution in [0.2, 0.25) is 0 Å². The van der Waals surface area contributed by atoms with E-state index in [1.165, 1.54) is 6.07 Å². The zero-order valence-electron chi connectivity index (χ0n) is 12.7. The summed E-state index contributed by atoms with van der Waals surface area (Å²) in [6.07, 6.45) is 0.436. The van der Waals surface area contributed by atoms with E-state index < -0.39 is 27.4 Å². The molecule has 0 saturated carbocycles. The summed E-state index contributed by atoms with van der Waals surface area (Å²) in [7, 11) is -3.06. The number of halogens is 2. The minimum atomic E-state index is -3.06. The number of aromatic nitrogens is 2. The van der Waals surface area contributed by atoms with Crippen molar-refractivity contribution in [3.8, 4) is 0 Å². The summed E-state index contributed by atoms with van der Waals surface area (Å²) in [5, 5.41) is 10.2. The average molecular weight is 389 g/mol. The highest BCUT2D eigenvalue weighted by Crippen LogP contribution is 2.29. The van der Waals surface area contributed by atoms with Crippen LogP contribution in [0.3, 0.4) is 0 Å². The molecule has 2 heterocycles. The molecule has 2 aromatic rings. The minimum Gasteiger partial charge on any atom is -0.416 e. The third-order valence-corrected chi connectivity index (χ3v) is 6.12. The lowest BCUT2D eigenvalue weighted by Gasteiger charge is -2.04. The molecule has 3 rings (SSSR count). The van der Waals surface area contributed by atoms with Gasteiger partial charge in [0.15, 0.2) is 21.5 Å². The summed E-state index contributed by atoms with van der Waals surface area (Å²) < 4.78 is 54.2. The van der Waals surface area contributed by atoms with E-state index in [1.54, 1.807) is 0 Å². The molecule has 1 fully saturated rings. The highest BCUT2D eigenvalue weighted by atomic mass is 32.2. The molecule has 1 saturated heterocycles. The second kappa shape index (κ2) is 7.08. The lowest BCUT2D eigenvalue weighted by atomic mass is 10.1. The second-order valence-electron chi connectivity index (χ2n) is 5.47. The summed E-state index contributed by atoms with van der Waals surface area (Å²) in [5.74, 6) is -2.59. The van der Waals surface area contributed by atoms with Crippen LogP contribution in [-0.4, -0.2) is 41.8 Å². The second-order valence-corrected chi connectivity index (χ2v) is 8.63. The van der Waals surface area contributed by atoms with Crippen molar-refractivity contribution < 1.29 is 26.4 Å². The fourth-order valence-corrected chi connectivity index (χ4v) is 4.63. The van der Waals surface area contributed by atoms with Crippen LogP contribution in [0.5, 0.6) is 0 Å². The summed E-state index contributed by atoms with van der Waals surface area (Å²) in [4.78, 5) is 11.8. The Labute approximate surface area is 146 Å². The van der Waals surface area contributed by atoms with Gasteiger partial charge in [0.1, 0.15) is 0 Å². The van der Waals surface area contributed by atoms with Gasteiger partial charge in [0.2, 0.25) is 11.8 Å². The van der Waals surface area contributed by atoms with Crippen LogP contribution in [0.15, 0.2) is 27.8 Å². The largest absolute Gasteiger partial charge is 0.416 e. The monoisotopic (exact) mass is 389 g/mol. The first-order chi connectivity index (χ1) is 11.8. The topological polar surface area (TPSA) is 102 Å². The number of hydrogen-bond donors (Lipinski definition) is 1. The van der Waals surface area contributed by atoms with Gasteiger partial charge in [0, 0.05) is 11.8 Å². The van der Waals surface area contributed by atoms with E-state index in [2.05, 4.69) is 15.5 Å². The van der Waals surface area contributed by atoms with Crippen molar-refractivity contribution in [3.63, 3.8) is 0 Å². The first-order valence-corrected chi connectivity index (χ1v) is 10.0. The predicted octanol–water partition coefficient (Wildman–Crippen LogP) is 1.98. The fourth-order valence-electron chi connectivity index (χ4n) is 2.33. The SMILES string of the molecule is O=C(CSc1nnc(C2CCS(=O)(=O)C2)o1)Nc1ccc(F)c(F)c1. The lowest BCUT2D eigenvalue weighted by Crippen LogP contribution is -2.14. The molecule has 25 heavy (non-hydrogen) atoms. The number of hydrogen-bond acceptors (Lipinski definition) is 7. The number of rotatable bonds is 5. The molecule has 1 amide bonds. The van der Waals surface area contributed by atoms with Crippen molar-refractivity contribution in [1.29, 1.82) is 0 Å². The maximum atomic E-state index is 13.1. The summed E-state index contributed by atoms with van der Waals surface area (Å²) in [6.45, 7) is 0. The van der Waals surface area contributed by atoms with E-state index in [4.69, 9.17) is 4.42 Å². The predicted molar refractivity (Wildman–Crippen MR) is 86.0 cm³/mol.